The summed E-state index contributed by atoms with van der Waals surface area (Å²) in [6, 6.07) is 13.0. The number of nitrogens with zero attached hydrogens (tertiary/aromatic N) is 4. The molecule has 4 amide bonds. The van der Waals surface area contributed by atoms with Crippen LogP contribution in [0.25, 0.3) is 0 Å². The summed E-state index contributed by atoms with van der Waals surface area (Å²) in [6.07, 6.45) is 21.6. The zero-order valence-corrected chi connectivity index (χ0v) is 36.7. The van der Waals surface area contributed by atoms with Gasteiger partial charge in [-0.2, -0.15) is 5.26 Å². The summed E-state index contributed by atoms with van der Waals surface area (Å²) in [6.45, 7) is 10.4. The maximum absolute atomic E-state index is 13.6. The lowest BCUT2D eigenvalue weighted by Crippen LogP contribution is -2.52. The van der Waals surface area contributed by atoms with Gasteiger partial charge in [-0.3, -0.25) is 24.5 Å². The Hall–Kier alpha value is -5.24. The van der Waals surface area contributed by atoms with Gasteiger partial charge in [0.15, 0.2) is 0 Å². The standard InChI is InChI=1S/C51H58ClN5O5/c1-3-44-39(31-56(50(44)60)41-13-16-42(17-14-41)62-43-15-12-38(29-53)46(52)28-43)25-33(2)24-34-6-4-7-36(10-9-34)30-55-22-5-8-35(21-23-55)26-37-11-18-45-40(27-37)32-57(51(45)61)47-19-20-48(58)54-49(47)59/h3,8,11-12,15,18,24-25,27-28,36,41-42,47H,1,4-7,9-10,13-14,16-17,19-23,26,30-32H2,2H3,(H,54,58,59)/b33-25+,34-24-. The van der Waals surface area contributed by atoms with Gasteiger partial charge in [0.1, 0.15) is 17.9 Å². The van der Waals surface area contributed by atoms with E-state index in [1.807, 2.05) is 11.0 Å². The van der Waals surface area contributed by atoms with Crippen molar-refractivity contribution in [1.29, 1.82) is 5.26 Å². The van der Waals surface area contributed by atoms with Crippen LogP contribution in [0.3, 0.4) is 0 Å². The second-order valence-corrected chi connectivity index (χ2v) is 18.5. The van der Waals surface area contributed by atoms with E-state index in [0.29, 0.717) is 52.9 Å². The van der Waals surface area contributed by atoms with E-state index in [9.17, 15) is 24.4 Å². The molecule has 2 unspecified atom stereocenters. The summed E-state index contributed by atoms with van der Waals surface area (Å²) in [4.78, 5) is 57.2. The highest BCUT2D eigenvalue weighted by molar-refractivity contribution is 6.31. The normalized spacial score (nSPS) is 25.9. The van der Waals surface area contributed by atoms with Gasteiger partial charge in [0.05, 0.1) is 16.7 Å². The maximum atomic E-state index is 13.6. The predicted molar refractivity (Wildman–Crippen MR) is 240 cm³/mol. The first-order valence-electron chi connectivity index (χ1n) is 22.6. The van der Waals surface area contributed by atoms with Gasteiger partial charge >= 0.3 is 0 Å². The molecule has 2 atom stereocenters. The molecule has 0 bridgehead atoms. The lowest BCUT2D eigenvalue weighted by Gasteiger charge is -2.35. The largest absolute Gasteiger partial charge is 0.490 e. The highest BCUT2D eigenvalue weighted by atomic mass is 35.5. The molecule has 0 aromatic heterocycles. The third-order valence-corrected chi connectivity index (χ3v) is 14.1. The van der Waals surface area contributed by atoms with Gasteiger partial charge in [-0.05, 0) is 131 Å². The number of allylic oxidation sites excluding steroid dienone is 3. The van der Waals surface area contributed by atoms with Crippen LogP contribution in [0.1, 0.15) is 117 Å². The second kappa shape index (κ2) is 19.4. The van der Waals surface area contributed by atoms with Gasteiger partial charge in [0.25, 0.3) is 11.8 Å². The fourth-order valence-electron chi connectivity index (χ4n) is 10.5. The molecule has 4 heterocycles. The van der Waals surface area contributed by atoms with Crippen molar-refractivity contribution in [2.45, 2.75) is 122 Å². The van der Waals surface area contributed by atoms with Crippen LogP contribution in [0.5, 0.6) is 5.75 Å². The maximum Gasteiger partial charge on any atom is 0.255 e. The lowest BCUT2D eigenvalue weighted by atomic mass is 9.91. The van der Waals surface area contributed by atoms with Crippen LogP contribution in [0, 0.1) is 17.2 Å². The number of fused-ring (bicyclic) bond motifs is 1. The quantitative estimate of drug-likeness (QED) is 0.136. The number of halogens is 1. The van der Waals surface area contributed by atoms with Gasteiger partial charge in [-0.15, -0.1) is 0 Å². The summed E-state index contributed by atoms with van der Waals surface area (Å²) in [5, 5.41) is 12.0. The molecule has 2 saturated carbocycles. The third-order valence-electron chi connectivity index (χ3n) is 13.8. The monoisotopic (exact) mass is 855 g/mol. The zero-order chi connectivity index (χ0) is 43.3. The Morgan fingerprint density at radius 3 is 2.55 bits per heavy atom. The SMILES string of the molecule is C=CC1=C(/C=C(C)/C=C2/CCCC(CN3CCC=C(Cc4ccc5c(c4)CN(C4CCC(=O)NC4=O)C5=O)CC3)CC2)CN(C2CCC(Oc3ccc(C#N)c(Cl)c3)CC2)C1=O. The molecular weight excluding hydrogens is 798 g/mol. The van der Waals surface area contributed by atoms with Crippen molar-refractivity contribution in [1.82, 2.24) is 20.0 Å². The van der Waals surface area contributed by atoms with Crippen molar-refractivity contribution in [2.24, 2.45) is 5.92 Å². The number of nitriles is 1. The first-order chi connectivity index (χ1) is 30.0. The lowest BCUT2D eigenvalue weighted by molar-refractivity contribution is -0.137. The Balaban J connectivity index is 0.788. The first-order valence-corrected chi connectivity index (χ1v) is 23.0. The summed E-state index contributed by atoms with van der Waals surface area (Å²) in [5.74, 6) is 0.642. The molecule has 0 spiro atoms. The van der Waals surface area contributed by atoms with Gasteiger partial charge < -0.3 is 19.4 Å². The Bertz CT molecular complexity index is 2290. The van der Waals surface area contributed by atoms with E-state index in [-0.39, 0.29) is 42.2 Å². The van der Waals surface area contributed by atoms with E-state index < -0.39 is 6.04 Å². The van der Waals surface area contributed by atoms with Gasteiger partial charge in [0.2, 0.25) is 11.8 Å². The summed E-state index contributed by atoms with van der Waals surface area (Å²) >= 11 is 6.22. The van der Waals surface area contributed by atoms with Crippen LogP contribution < -0.4 is 10.1 Å². The zero-order valence-electron chi connectivity index (χ0n) is 35.9. The minimum atomic E-state index is -0.594. The molecule has 0 radical (unpaired) electrons. The first kappa shape index (κ1) is 43.4. The number of hydrogen-bond donors (Lipinski definition) is 1. The highest BCUT2D eigenvalue weighted by Gasteiger charge is 2.39. The molecule has 6 aliphatic rings. The fourth-order valence-corrected chi connectivity index (χ4v) is 10.7. The molecule has 1 N–H and O–H groups in total. The number of rotatable bonds is 11. The molecule has 2 aromatic rings. The summed E-state index contributed by atoms with van der Waals surface area (Å²) in [5.41, 5.74) is 9.15. The molecule has 8 rings (SSSR count). The van der Waals surface area contributed by atoms with E-state index in [0.717, 1.165) is 88.6 Å². The van der Waals surface area contributed by atoms with Crippen molar-refractivity contribution in [2.75, 3.05) is 26.2 Å². The Kier molecular flexibility index (Phi) is 13.6. The number of imide groups is 1. The van der Waals surface area contributed by atoms with Crippen LogP contribution in [0.2, 0.25) is 5.02 Å². The third kappa shape index (κ3) is 10.0. The van der Waals surface area contributed by atoms with Gasteiger partial charge in [-0.25, -0.2) is 0 Å². The van der Waals surface area contributed by atoms with E-state index >= 15 is 0 Å². The van der Waals surface area contributed by atoms with Crippen molar-refractivity contribution in [3.05, 3.63) is 122 Å². The molecule has 4 aliphatic heterocycles. The Morgan fingerprint density at radius 2 is 1.77 bits per heavy atom. The van der Waals surface area contributed by atoms with Crippen molar-refractivity contribution in [3.63, 3.8) is 0 Å². The van der Waals surface area contributed by atoms with E-state index in [4.69, 9.17) is 16.3 Å². The molecule has 11 heteroatoms. The molecule has 1 saturated heterocycles. The molecule has 10 nitrogen and oxygen atoms in total. The average Bonchev–Trinajstić information content (AvgIpc) is 3.50. The van der Waals surface area contributed by atoms with Crippen LogP contribution >= 0.6 is 11.6 Å². The number of carbonyl (C=O) groups is 4. The number of carbonyl (C=O) groups excluding carboxylic acids is 4. The number of piperidine rings is 1. The summed E-state index contributed by atoms with van der Waals surface area (Å²) < 4.78 is 6.21. The highest BCUT2D eigenvalue weighted by Crippen LogP contribution is 2.35. The minimum absolute atomic E-state index is 0.0499. The molecular formula is C51H58ClN5O5. The molecule has 3 fully saturated rings. The molecule has 2 aliphatic carbocycles. The second-order valence-electron chi connectivity index (χ2n) is 18.1. The van der Waals surface area contributed by atoms with Crippen molar-refractivity contribution in [3.8, 4) is 11.8 Å². The van der Waals surface area contributed by atoms with Gasteiger partial charge in [0, 0.05) is 62.4 Å². The van der Waals surface area contributed by atoms with Crippen molar-refractivity contribution >= 4 is 35.2 Å². The van der Waals surface area contributed by atoms with Crippen LogP contribution in [0.4, 0.5) is 0 Å². The Labute approximate surface area is 371 Å². The summed E-state index contributed by atoms with van der Waals surface area (Å²) in [7, 11) is 0. The predicted octanol–water partition coefficient (Wildman–Crippen LogP) is 8.71. The number of benzene rings is 2. The number of ether oxygens (including phenoxy) is 1. The van der Waals surface area contributed by atoms with E-state index in [1.165, 1.54) is 41.5 Å². The number of amides is 4. The Morgan fingerprint density at radius 1 is 0.935 bits per heavy atom. The smallest absolute Gasteiger partial charge is 0.255 e. The van der Waals surface area contributed by atoms with Crippen LogP contribution in [-0.2, 0) is 27.3 Å². The molecule has 2 aromatic carbocycles. The minimum Gasteiger partial charge on any atom is -0.490 e. The fraction of sp³-hybridized carbons (Fsp3) is 0.471. The van der Waals surface area contributed by atoms with Crippen LogP contribution in [0.15, 0.2) is 95.1 Å². The average molecular weight is 857 g/mol. The van der Waals surface area contributed by atoms with E-state index in [1.54, 1.807) is 29.2 Å². The van der Waals surface area contributed by atoms with Gasteiger partial charge in [-0.1, -0.05) is 71.3 Å². The number of nitrogens with one attached hydrogen (secondary N) is 1. The van der Waals surface area contributed by atoms with E-state index in [2.05, 4.69) is 60.1 Å². The molecule has 324 valence electrons. The van der Waals surface area contributed by atoms with Crippen LogP contribution in [-0.4, -0.2) is 82.7 Å². The number of hydrogen-bond acceptors (Lipinski definition) is 7. The molecule has 62 heavy (non-hydrogen) atoms. The van der Waals surface area contributed by atoms with Crippen molar-refractivity contribution < 1.29 is 23.9 Å². The topological polar surface area (TPSA) is 123 Å².